The van der Waals surface area contributed by atoms with Crippen molar-refractivity contribution in [2.45, 2.75) is 109 Å². The Hall–Kier alpha value is -7.62. The molecular weight excluding hydrogens is 895 g/mol. The number of hydrogen-bond acceptors (Lipinski definition) is 3. The summed E-state index contributed by atoms with van der Waals surface area (Å²) in [6.07, 6.45) is 2.21. The molecule has 390 valence electrons. The largest absolute Gasteiger partial charge is 0.342 e. The Kier molecular flexibility index (Phi) is 37.4. The third-order valence-electron chi connectivity index (χ3n) is 10.7. The summed E-state index contributed by atoms with van der Waals surface area (Å²) in [4.78, 5) is 6.90. The summed E-state index contributed by atoms with van der Waals surface area (Å²) in [5.74, 6) is 0. The van der Waals surface area contributed by atoms with E-state index in [0.717, 1.165) is 25.9 Å². The predicted octanol–water partition coefficient (Wildman–Crippen LogP) is 22.0. The van der Waals surface area contributed by atoms with E-state index in [2.05, 4.69) is 272 Å². The number of hydrogen-bond donors (Lipinski definition) is 0. The lowest BCUT2D eigenvalue weighted by molar-refractivity contribution is 0.975. The Morgan fingerprint density at radius 2 is 0.432 bits per heavy atom. The summed E-state index contributed by atoms with van der Waals surface area (Å²) >= 11 is 0. The van der Waals surface area contributed by atoms with Gasteiger partial charge in [-0.1, -0.05) is 265 Å². The summed E-state index contributed by atoms with van der Waals surface area (Å²) in [6.45, 7) is 28.4. The fraction of sp³-hybridized carbons (Fsp3) is 0.239. The highest BCUT2D eigenvalue weighted by Crippen LogP contribution is 2.34. The van der Waals surface area contributed by atoms with Gasteiger partial charge in [0.05, 0.1) is 0 Å². The van der Waals surface area contributed by atoms with Gasteiger partial charge < -0.3 is 14.7 Å². The molecule has 0 fully saturated rings. The molecule has 3 nitrogen and oxygen atoms in total. The number of nitrogens with zero attached hydrogens (tertiary/aromatic N) is 3. The van der Waals surface area contributed by atoms with Crippen LogP contribution in [-0.4, -0.2) is 6.54 Å². The van der Waals surface area contributed by atoms with Crippen LogP contribution < -0.4 is 14.7 Å². The molecule has 9 rings (SSSR count). The van der Waals surface area contributed by atoms with Crippen molar-refractivity contribution in [1.29, 1.82) is 0 Å². The van der Waals surface area contributed by atoms with Gasteiger partial charge in [-0.25, -0.2) is 0 Å². The highest BCUT2D eigenvalue weighted by Gasteiger charge is 2.12. The zero-order chi connectivity index (χ0) is 54.4. The van der Waals surface area contributed by atoms with Crippen LogP contribution in [0.4, 0.5) is 39.8 Å². The molecule has 0 unspecified atom stereocenters. The number of para-hydroxylation sites is 6. The van der Waals surface area contributed by atoms with Gasteiger partial charge in [0, 0.05) is 52.9 Å². The monoisotopic (exact) mass is 986 g/mol. The van der Waals surface area contributed by atoms with E-state index in [0.29, 0.717) is 0 Å². The second kappa shape index (κ2) is 43.0. The Bertz CT molecular complexity index is 2420. The Balaban J connectivity index is 0.000000482. The average molecular weight is 987 g/mol. The number of benzene rings is 9. The molecule has 0 radical (unpaired) electrons. The molecule has 0 amide bonds. The molecule has 0 heterocycles. The summed E-state index contributed by atoms with van der Waals surface area (Å²) in [5.41, 5.74) is 12.5. The summed E-state index contributed by atoms with van der Waals surface area (Å²) in [6, 6.07) is 92.7. The molecule has 0 aliphatic heterocycles. The molecule has 0 N–H and O–H groups in total. The molecule has 0 aliphatic rings. The van der Waals surface area contributed by atoms with Gasteiger partial charge in [-0.15, -0.1) is 0 Å². The zero-order valence-corrected chi connectivity index (χ0v) is 47.6. The van der Waals surface area contributed by atoms with Crippen LogP contribution in [0.2, 0.25) is 0 Å². The van der Waals surface area contributed by atoms with Crippen LogP contribution in [0.25, 0.3) is 0 Å². The van der Waals surface area contributed by atoms with Crippen molar-refractivity contribution in [3.05, 3.63) is 284 Å². The summed E-state index contributed by atoms with van der Waals surface area (Å²) < 4.78 is 0. The van der Waals surface area contributed by atoms with E-state index in [1.807, 2.05) is 99.6 Å². The smallest absolute Gasteiger partial charge is 0.0481 e. The fourth-order valence-corrected chi connectivity index (χ4v) is 7.24. The number of aryl methyl sites for hydroxylation is 2. The summed E-state index contributed by atoms with van der Waals surface area (Å²) in [5, 5.41) is 0. The minimum absolute atomic E-state index is 0.870. The van der Waals surface area contributed by atoms with Crippen LogP contribution in [0.5, 0.6) is 0 Å². The SMILES string of the molecule is CC.CC.CC.CC.CC.CCN(c1ccccc1)c1ccccc1.CCc1ccc(N(c2ccccc2)c2ccccc2)cc1.CCc1ccccc1.c1ccc(CN(c2ccccc2)c2ccccc2)cc1. The normalized spacial score (nSPS) is 9.09. The second-order valence-corrected chi connectivity index (χ2v) is 15.0. The lowest BCUT2D eigenvalue weighted by atomic mass is 10.1. The van der Waals surface area contributed by atoms with E-state index in [-0.39, 0.29) is 0 Å². The van der Waals surface area contributed by atoms with Crippen molar-refractivity contribution in [2.24, 2.45) is 0 Å². The van der Waals surface area contributed by atoms with Crippen molar-refractivity contribution < 1.29 is 0 Å². The minimum atomic E-state index is 0.870. The quantitative estimate of drug-likeness (QED) is 0.121. The van der Waals surface area contributed by atoms with E-state index in [1.165, 1.54) is 56.5 Å². The lowest BCUT2D eigenvalue weighted by Crippen LogP contribution is -2.16. The third-order valence-corrected chi connectivity index (χ3v) is 10.7. The van der Waals surface area contributed by atoms with Crippen LogP contribution in [-0.2, 0) is 19.4 Å². The molecule has 0 aromatic heterocycles. The molecule has 0 saturated heterocycles. The van der Waals surface area contributed by atoms with Crippen LogP contribution in [0.3, 0.4) is 0 Å². The standard InChI is InChI=1S/C20H19N.C19H17N.C14H15N.C8H10.5C2H6/c1-2-17-13-15-20(16-14-17)21(18-9-5-3-6-10-18)19-11-7-4-8-12-19;1-4-10-17(11-5-1)16-20(18-12-6-2-7-13-18)19-14-8-3-9-15-19;1-2-15(13-9-5-3-6-10-13)14-11-7-4-8-12-14;1-2-8-6-4-3-5-7-8;5*1-2/h3-16H,2H2,1H3;1-15H,16H2;3-12H,2H2,1H3;3-7H,2H2,1H3;5*1-2H3. The Morgan fingerprint density at radius 1 is 0.216 bits per heavy atom. The van der Waals surface area contributed by atoms with Crippen LogP contribution >= 0.6 is 0 Å². The number of rotatable bonds is 12. The second-order valence-electron chi connectivity index (χ2n) is 15.0. The average Bonchev–Trinajstić information content (AvgIpc) is 3.52. The Labute approximate surface area is 451 Å². The third kappa shape index (κ3) is 23.7. The van der Waals surface area contributed by atoms with E-state index < -0.39 is 0 Å². The van der Waals surface area contributed by atoms with Crippen LogP contribution in [0.15, 0.2) is 267 Å². The van der Waals surface area contributed by atoms with Crippen molar-refractivity contribution in [3.63, 3.8) is 0 Å². The van der Waals surface area contributed by atoms with Gasteiger partial charge in [0.25, 0.3) is 0 Å². The zero-order valence-electron chi connectivity index (χ0n) is 47.6. The molecule has 0 spiro atoms. The summed E-state index contributed by atoms with van der Waals surface area (Å²) in [7, 11) is 0. The van der Waals surface area contributed by atoms with Gasteiger partial charge in [-0.05, 0) is 121 Å². The predicted molar refractivity (Wildman–Crippen MR) is 334 cm³/mol. The maximum atomic E-state index is 2.33. The first-order valence-electron chi connectivity index (χ1n) is 27.5. The minimum Gasteiger partial charge on any atom is -0.342 e. The molecule has 0 bridgehead atoms. The van der Waals surface area contributed by atoms with Gasteiger partial charge in [-0.3, -0.25) is 0 Å². The van der Waals surface area contributed by atoms with E-state index >= 15 is 0 Å². The maximum Gasteiger partial charge on any atom is 0.0481 e. The molecule has 9 aromatic carbocycles. The number of anilines is 7. The van der Waals surface area contributed by atoms with Crippen molar-refractivity contribution in [3.8, 4) is 0 Å². The fourth-order valence-electron chi connectivity index (χ4n) is 7.24. The van der Waals surface area contributed by atoms with Crippen molar-refractivity contribution in [1.82, 2.24) is 0 Å². The molecule has 0 saturated carbocycles. The Morgan fingerprint density at radius 3 is 0.689 bits per heavy atom. The molecule has 0 atom stereocenters. The van der Waals surface area contributed by atoms with Crippen LogP contribution in [0, 0.1) is 0 Å². The topological polar surface area (TPSA) is 9.72 Å². The molecule has 0 aliphatic carbocycles. The highest BCUT2D eigenvalue weighted by molar-refractivity contribution is 5.76. The first-order valence-corrected chi connectivity index (χ1v) is 27.5. The van der Waals surface area contributed by atoms with Crippen molar-refractivity contribution in [2.75, 3.05) is 21.2 Å². The molecule has 9 aromatic rings. The van der Waals surface area contributed by atoms with Gasteiger partial charge in [0.2, 0.25) is 0 Å². The molecular formula is C71H91N3. The molecule has 74 heavy (non-hydrogen) atoms. The van der Waals surface area contributed by atoms with E-state index in [4.69, 9.17) is 0 Å². The van der Waals surface area contributed by atoms with Gasteiger partial charge >= 0.3 is 0 Å². The first kappa shape index (κ1) is 64.4. The highest BCUT2D eigenvalue weighted by atomic mass is 15.1. The molecule has 3 heteroatoms. The van der Waals surface area contributed by atoms with Gasteiger partial charge in [0.1, 0.15) is 0 Å². The van der Waals surface area contributed by atoms with Gasteiger partial charge in [-0.2, -0.15) is 0 Å². The van der Waals surface area contributed by atoms with Crippen molar-refractivity contribution >= 4 is 39.8 Å². The van der Waals surface area contributed by atoms with Gasteiger partial charge in [0.15, 0.2) is 0 Å². The van der Waals surface area contributed by atoms with E-state index in [9.17, 15) is 0 Å². The van der Waals surface area contributed by atoms with E-state index in [1.54, 1.807) is 0 Å². The lowest BCUT2D eigenvalue weighted by Gasteiger charge is -2.25. The maximum absolute atomic E-state index is 2.33. The van der Waals surface area contributed by atoms with Crippen LogP contribution in [0.1, 0.15) is 107 Å². The first-order chi connectivity index (χ1) is 36.7.